The third-order valence-corrected chi connectivity index (χ3v) is 4.47. The van der Waals surface area contributed by atoms with Crippen LogP contribution >= 0.6 is 0 Å². The van der Waals surface area contributed by atoms with Gasteiger partial charge in [0, 0.05) is 12.2 Å². The Bertz CT molecular complexity index is 853. The zero-order valence-corrected chi connectivity index (χ0v) is 16.8. The Kier molecular flexibility index (Phi) is 7.45. The highest BCUT2D eigenvalue weighted by Crippen LogP contribution is 2.20. The number of amides is 2. The topological polar surface area (TPSA) is 122 Å². The largest absolute Gasteiger partial charge is 0.364 e. The number of nitrogens with two attached hydrogens (primary N) is 1. The summed E-state index contributed by atoms with van der Waals surface area (Å²) in [6, 6.07) is 7.48. The summed E-state index contributed by atoms with van der Waals surface area (Å²) in [4.78, 5) is 32.4. The molecule has 0 aliphatic carbocycles. The lowest BCUT2D eigenvalue weighted by atomic mass is 10.1. The van der Waals surface area contributed by atoms with Gasteiger partial charge in [-0.15, -0.1) is 0 Å². The van der Waals surface area contributed by atoms with Crippen molar-refractivity contribution in [3.8, 4) is 0 Å². The molecule has 1 atom stereocenters. The second-order valence-corrected chi connectivity index (χ2v) is 6.55. The van der Waals surface area contributed by atoms with Crippen molar-refractivity contribution < 1.29 is 9.59 Å². The number of anilines is 2. The average Bonchev–Trinajstić information content (AvgIpc) is 2.68. The first-order valence-corrected chi connectivity index (χ1v) is 9.34. The van der Waals surface area contributed by atoms with Crippen LogP contribution in [0.4, 0.5) is 11.5 Å². The number of rotatable bonds is 9. The average molecular weight is 384 g/mol. The molecule has 1 aromatic heterocycles. The second kappa shape index (κ2) is 9.80. The number of nitrogens with zero attached hydrogens (tertiary/aromatic N) is 2. The molecule has 1 aromatic carbocycles. The molecule has 0 saturated carbocycles. The SMILES string of the molecule is CCc1nc(Nc2cccc(CCNC(=O)C(C)NC)c2)c(C(N)=O)nc1C. The van der Waals surface area contributed by atoms with E-state index in [2.05, 4.69) is 25.9 Å². The number of aromatic nitrogens is 2. The van der Waals surface area contributed by atoms with E-state index in [4.69, 9.17) is 5.73 Å². The molecule has 1 unspecified atom stereocenters. The van der Waals surface area contributed by atoms with Gasteiger partial charge >= 0.3 is 0 Å². The molecule has 0 aliphatic heterocycles. The van der Waals surface area contributed by atoms with Crippen LogP contribution in [0.15, 0.2) is 24.3 Å². The number of likely N-dealkylation sites (N-methyl/N-ethyl adjacent to an activating group) is 1. The Morgan fingerprint density at radius 3 is 2.64 bits per heavy atom. The van der Waals surface area contributed by atoms with Gasteiger partial charge in [0.25, 0.3) is 5.91 Å². The number of primary amides is 1. The van der Waals surface area contributed by atoms with Crippen molar-refractivity contribution in [2.45, 2.75) is 39.7 Å². The van der Waals surface area contributed by atoms with Gasteiger partial charge < -0.3 is 21.7 Å². The van der Waals surface area contributed by atoms with Crippen LogP contribution in [0.3, 0.4) is 0 Å². The summed E-state index contributed by atoms with van der Waals surface area (Å²) in [6.45, 7) is 6.13. The molecule has 1 heterocycles. The molecule has 0 radical (unpaired) electrons. The van der Waals surface area contributed by atoms with Crippen molar-refractivity contribution in [3.63, 3.8) is 0 Å². The number of carbonyl (C=O) groups is 2. The lowest BCUT2D eigenvalue weighted by Gasteiger charge is -2.13. The van der Waals surface area contributed by atoms with E-state index in [1.165, 1.54) is 0 Å². The first-order chi connectivity index (χ1) is 13.3. The second-order valence-electron chi connectivity index (χ2n) is 6.55. The summed E-state index contributed by atoms with van der Waals surface area (Å²) in [5.41, 5.74) is 8.90. The number of hydrogen-bond donors (Lipinski definition) is 4. The molecule has 0 spiro atoms. The Morgan fingerprint density at radius 2 is 2.00 bits per heavy atom. The summed E-state index contributed by atoms with van der Waals surface area (Å²) in [7, 11) is 1.75. The fourth-order valence-corrected chi connectivity index (χ4v) is 2.70. The molecule has 8 heteroatoms. The van der Waals surface area contributed by atoms with Gasteiger partial charge in [-0.25, -0.2) is 9.97 Å². The van der Waals surface area contributed by atoms with Crippen molar-refractivity contribution in [3.05, 3.63) is 46.9 Å². The van der Waals surface area contributed by atoms with E-state index in [0.717, 1.165) is 16.9 Å². The van der Waals surface area contributed by atoms with Crippen molar-refractivity contribution in [2.75, 3.05) is 18.9 Å². The van der Waals surface area contributed by atoms with Crippen molar-refractivity contribution in [1.29, 1.82) is 0 Å². The van der Waals surface area contributed by atoms with Gasteiger partial charge in [-0.2, -0.15) is 0 Å². The fourth-order valence-electron chi connectivity index (χ4n) is 2.70. The lowest BCUT2D eigenvalue weighted by molar-refractivity contribution is -0.122. The van der Waals surface area contributed by atoms with E-state index in [9.17, 15) is 9.59 Å². The first kappa shape index (κ1) is 21.3. The van der Waals surface area contributed by atoms with Gasteiger partial charge in [-0.1, -0.05) is 19.1 Å². The number of benzene rings is 1. The molecule has 28 heavy (non-hydrogen) atoms. The third-order valence-electron chi connectivity index (χ3n) is 4.47. The first-order valence-electron chi connectivity index (χ1n) is 9.34. The van der Waals surface area contributed by atoms with Crippen molar-refractivity contribution in [2.24, 2.45) is 5.73 Å². The summed E-state index contributed by atoms with van der Waals surface area (Å²) in [6.07, 6.45) is 1.39. The lowest BCUT2D eigenvalue weighted by Crippen LogP contribution is -2.41. The summed E-state index contributed by atoms with van der Waals surface area (Å²) >= 11 is 0. The number of aryl methyl sites for hydroxylation is 2. The zero-order chi connectivity index (χ0) is 20.7. The van der Waals surface area contributed by atoms with Crippen LogP contribution in [0.2, 0.25) is 0 Å². The van der Waals surface area contributed by atoms with Crippen LogP contribution < -0.4 is 21.7 Å². The molecule has 2 aromatic rings. The monoisotopic (exact) mass is 384 g/mol. The number of hydrogen-bond acceptors (Lipinski definition) is 6. The molecule has 0 aliphatic rings. The standard InChI is InChI=1S/C20H28N6O2/c1-5-16-12(2)24-17(18(21)27)19(26-16)25-15-8-6-7-14(11-15)9-10-23-20(28)13(3)22-4/h6-8,11,13,22H,5,9-10H2,1-4H3,(H2,21,27)(H,23,28)(H,25,26). The molecule has 2 amide bonds. The maximum absolute atomic E-state index is 11.8. The molecule has 2 rings (SSSR count). The van der Waals surface area contributed by atoms with Crippen LogP contribution in [0.5, 0.6) is 0 Å². The maximum Gasteiger partial charge on any atom is 0.271 e. The van der Waals surface area contributed by atoms with Gasteiger partial charge in [0.15, 0.2) is 11.5 Å². The van der Waals surface area contributed by atoms with E-state index in [1.54, 1.807) is 7.05 Å². The van der Waals surface area contributed by atoms with Gasteiger partial charge in [-0.3, -0.25) is 9.59 Å². The molecular weight excluding hydrogens is 356 g/mol. The van der Waals surface area contributed by atoms with Gasteiger partial charge in [0.2, 0.25) is 5.91 Å². The van der Waals surface area contributed by atoms with Crippen LogP contribution in [0.1, 0.15) is 41.3 Å². The van der Waals surface area contributed by atoms with Crippen LogP contribution in [-0.4, -0.2) is 41.4 Å². The predicted molar refractivity (Wildman–Crippen MR) is 110 cm³/mol. The molecular formula is C20H28N6O2. The van der Waals surface area contributed by atoms with Gasteiger partial charge in [0.05, 0.1) is 17.4 Å². The molecule has 0 saturated heterocycles. The normalized spacial score (nSPS) is 11.7. The highest BCUT2D eigenvalue weighted by Gasteiger charge is 2.15. The van der Waals surface area contributed by atoms with E-state index in [-0.39, 0.29) is 17.6 Å². The van der Waals surface area contributed by atoms with Crippen LogP contribution in [-0.2, 0) is 17.6 Å². The van der Waals surface area contributed by atoms with E-state index >= 15 is 0 Å². The Labute approximate surface area is 165 Å². The predicted octanol–water partition coefficient (Wildman–Crippen LogP) is 1.46. The Balaban J connectivity index is 2.12. The fraction of sp³-hybridized carbons (Fsp3) is 0.400. The number of nitrogens with one attached hydrogen (secondary N) is 3. The van der Waals surface area contributed by atoms with E-state index in [1.807, 2.05) is 45.0 Å². The minimum absolute atomic E-state index is 0.0371. The zero-order valence-electron chi connectivity index (χ0n) is 16.8. The molecule has 0 fully saturated rings. The highest BCUT2D eigenvalue weighted by molar-refractivity contribution is 5.96. The summed E-state index contributed by atoms with van der Waals surface area (Å²) < 4.78 is 0. The van der Waals surface area contributed by atoms with Crippen molar-refractivity contribution >= 4 is 23.3 Å². The van der Waals surface area contributed by atoms with Crippen LogP contribution in [0.25, 0.3) is 0 Å². The van der Waals surface area contributed by atoms with Gasteiger partial charge in [-0.05, 0) is 51.4 Å². The smallest absolute Gasteiger partial charge is 0.271 e. The minimum Gasteiger partial charge on any atom is -0.364 e. The third kappa shape index (κ3) is 5.50. The Hall–Kier alpha value is -3.00. The van der Waals surface area contributed by atoms with Crippen molar-refractivity contribution in [1.82, 2.24) is 20.6 Å². The number of carbonyl (C=O) groups excluding carboxylic acids is 2. The molecule has 5 N–H and O–H groups in total. The highest BCUT2D eigenvalue weighted by atomic mass is 16.2. The quantitative estimate of drug-likeness (QED) is 0.519. The van der Waals surface area contributed by atoms with E-state index < -0.39 is 5.91 Å². The summed E-state index contributed by atoms with van der Waals surface area (Å²) in [5.74, 6) is -0.313. The van der Waals surface area contributed by atoms with Gasteiger partial charge in [0.1, 0.15) is 0 Å². The summed E-state index contributed by atoms with van der Waals surface area (Å²) in [5, 5.41) is 8.95. The minimum atomic E-state index is -0.627. The maximum atomic E-state index is 11.8. The Morgan fingerprint density at radius 1 is 1.25 bits per heavy atom. The molecule has 150 valence electrons. The molecule has 8 nitrogen and oxygen atoms in total. The van der Waals surface area contributed by atoms with E-state index in [0.29, 0.717) is 30.9 Å². The molecule has 0 bridgehead atoms. The van der Waals surface area contributed by atoms with Crippen LogP contribution in [0, 0.1) is 6.92 Å².